The molecule has 0 spiro atoms. The van der Waals surface area contributed by atoms with Gasteiger partial charge in [0.15, 0.2) is 11.5 Å². The highest BCUT2D eigenvalue weighted by atomic mass is 32.2. The van der Waals surface area contributed by atoms with E-state index in [1.165, 1.54) is 0 Å². The van der Waals surface area contributed by atoms with Gasteiger partial charge >= 0.3 is 0 Å². The van der Waals surface area contributed by atoms with Crippen LogP contribution in [0.15, 0.2) is 59.2 Å². The van der Waals surface area contributed by atoms with Crippen molar-refractivity contribution in [2.45, 2.75) is 25.9 Å². The molecule has 3 aromatic rings. The van der Waals surface area contributed by atoms with E-state index in [1.807, 2.05) is 54.6 Å². The number of ether oxygens (including phenoxy) is 2. The molecule has 0 aliphatic rings. The van der Waals surface area contributed by atoms with Crippen molar-refractivity contribution in [3.8, 4) is 11.5 Å². The number of oxazole rings is 1. The lowest BCUT2D eigenvalue weighted by atomic mass is 10.1. The molecule has 0 atom stereocenters. The maximum absolute atomic E-state index is 10.8. The summed E-state index contributed by atoms with van der Waals surface area (Å²) < 4.78 is 47.2. The van der Waals surface area contributed by atoms with Gasteiger partial charge in [-0.3, -0.25) is 4.55 Å². The standard InChI is InChI=1S/C23H25NO6S/c1-28-21-12-10-19(9-5-6-14-31(25,26)27)15-22(21)29-16-20-17-30-23(24-20)13-11-18-7-3-2-4-8-18/h2-4,7-8,10-13,15,17H,5-6,9,14,16H2,1H3,(H,25,26,27). The van der Waals surface area contributed by atoms with Crippen LogP contribution >= 0.6 is 0 Å². The second-order valence-electron chi connectivity index (χ2n) is 6.94. The zero-order valence-corrected chi connectivity index (χ0v) is 18.0. The molecule has 164 valence electrons. The van der Waals surface area contributed by atoms with E-state index in [0.29, 0.717) is 42.3 Å². The Morgan fingerprint density at radius 1 is 1.06 bits per heavy atom. The van der Waals surface area contributed by atoms with E-state index in [1.54, 1.807) is 19.4 Å². The zero-order valence-electron chi connectivity index (χ0n) is 17.2. The van der Waals surface area contributed by atoms with Gasteiger partial charge in [-0.25, -0.2) is 4.98 Å². The minimum Gasteiger partial charge on any atom is -0.493 e. The summed E-state index contributed by atoms with van der Waals surface area (Å²) in [6.07, 6.45) is 6.95. The topological polar surface area (TPSA) is 98.9 Å². The summed E-state index contributed by atoms with van der Waals surface area (Å²) >= 11 is 0. The van der Waals surface area contributed by atoms with Crippen LogP contribution in [0.2, 0.25) is 0 Å². The van der Waals surface area contributed by atoms with Crippen molar-refractivity contribution in [1.29, 1.82) is 0 Å². The van der Waals surface area contributed by atoms with Crippen molar-refractivity contribution in [1.82, 2.24) is 4.98 Å². The van der Waals surface area contributed by atoms with Crippen LogP contribution in [0.25, 0.3) is 12.2 Å². The molecule has 0 amide bonds. The smallest absolute Gasteiger partial charge is 0.264 e. The Morgan fingerprint density at radius 3 is 2.61 bits per heavy atom. The zero-order chi connectivity index (χ0) is 22.1. The fourth-order valence-electron chi connectivity index (χ4n) is 2.95. The molecule has 0 aliphatic heterocycles. The summed E-state index contributed by atoms with van der Waals surface area (Å²) in [5, 5.41) is 0. The number of benzene rings is 2. The average Bonchev–Trinajstić information content (AvgIpc) is 3.22. The molecule has 1 aromatic heterocycles. The quantitative estimate of drug-likeness (QED) is 0.340. The van der Waals surface area contributed by atoms with E-state index in [4.69, 9.17) is 18.4 Å². The molecule has 1 heterocycles. The van der Waals surface area contributed by atoms with Crippen LogP contribution in [0.1, 0.15) is 35.6 Å². The van der Waals surface area contributed by atoms with Crippen molar-refractivity contribution < 1.29 is 26.9 Å². The number of hydrogen-bond acceptors (Lipinski definition) is 6. The molecule has 0 aliphatic carbocycles. The second-order valence-corrected chi connectivity index (χ2v) is 8.51. The molecule has 0 saturated heterocycles. The van der Waals surface area contributed by atoms with E-state index in [0.717, 1.165) is 11.1 Å². The number of nitrogens with zero attached hydrogens (tertiary/aromatic N) is 1. The number of rotatable bonds is 11. The third-order valence-corrected chi connectivity index (χ3v) is 5.31. The normalized spacial score (nSPS) is 11.7. The van der Waals surface area contributed by atoms with Crippen LogP contribution in [-0.2, 0) is 23.1 Å². The van der Waals surface area contributed by atoms with Gasteiger partial charge in [0.2, 0.25) is 5.89 Å². The Hall–Kier alpha value is -3.10. The number of aromatic nitrogens is 1. The SMILES string of the molecule is COc1ccc(CCCCS(=O)(=O)O)cc1OCc1coc(C=Cc2ccccc2)n1. The first-order valence-corrected chi connectivity index (χ1v) is 11.5. The molecule has 7 nitrogen and oxygen atoms in total. The van der Waals surface area contributed by atoms with Crippen LogP contribution in [0.5, 0.6) is 11.5 Å². The highest BCUT2D eigenvalue weighted by Crippen LogP contribution is 2.29. The minimum atomic E-state index is -3.92. The van der Waals surface area contributed by atoms with E-state index >= 15 is 0 Å². The molecule has 0 saturated carbocycles. The molecular formula is C23H25NO6S. The number of hydrogen-bond donors (Lipinski definition) is 1. The molecule has 3 rings (SSSR count). The van der Waals surface area contributed by atoms with E-state index in [9.17, 15) is 8.42 Å². The molecule has 0 unspecified atom stereocenters. The largest absolute Gasteiger partial charge is 0.493 e. The predicted molar refractivity (Wildman–Crippen MR) is 119 cm³/mol. The summed E-state index contributed by atoms with van der Waals surface area (Å²) in [6.45, 7) is 0.214. The summed E-state index contributed by atoms with van der Waals surface area (Å²) in [5.74, 6) is 1.41. The predicted octanol–water partition coefficient (Wildman–Crippen LogP) is 4.64. The van der Waals surface area contributed by atoms with Crippen molar-refractivity contribution >= 4 is 22.3 Å². The van der Waals surface area contributed by atoms with Gasteiger partial charge < -0.3 is 13.9 Å². The third kappa shape index (κ3) is 7.58. The molecule has 0 fully saturated rings. The average molecular weight is 444 g/mol. The van der Waals surface area contributed by atoms with Crippen LogP contribution in [0, 0.1) is 0 Å². The molecule has 31 heavy (non-hydrogen) atoms. The number of aryl methyl sites for hydroxylation is 1. The lowest BCUT2D eigenvalue weighted by Gasteiger charge is -2.11. The van der Waals surface area contributed by atoms with E-state index in [2.05, 4.69) is 4.98 Å². The number of unbranched alkanes of at least 4 members (excludes halogenated alkanes) is 1. The lowest BCUT2D eigenvalue weighted by molar-refractivity contribution is 0.280. The highest BCUT2D eigenvalue weighted by Gasteiger charge is 2.09. The Morgan fingerprint density at radius 2 is 1.87 bits per heavy atom. The van der Waals surface area contributed by atoms with Gasteiger partial charge in [0.05, 0.1) is 12.9 Å². The number of methoxy groups -OCH3 is 1. The molecule has 1 N–H and O–H groups in total. The molecular weight excluding hydrogens is 418 g/mol. The van der Waals surface area contributed by atoms with Gasteiger partial charge in [-0.15, -0.1) is 0 Å². The van der Waals surface area contributed by atoms with Crippen LogP contribution in [0.4, 0.5) is 0 Å². The molecule has 0 bridgehead atoms. The van der Waals surface area contributed by atoms with Crippen LogP contribution in [-0.4, -0.2) is 30.8 Å². The molecule has 0 radical (unpaired) electrons. The van der Waals surface area contributed by atoms with Gasteiger partial charge in [-0.2, -0.15) is 8.42 Å². The Kier molecular flexibility index (Phi) is 7.86. The first-order chi connectivity index (χ1) is 14.9. The summed E-state index contributed by atoms with van der Waals surface area (Å²) in [4.78, 5) is 4.40. The Balaban J connectivity index is 1.58. The first kappa shape index (κ1) is 22.6. The van der Waals surface area contributed by atoms with Gasteiger partial charge in [0.1, 0.15) is 18.6 Å². The second kappa shape index (κ2) is 10.8. The first-order valence-electron chi connectivity index (χ1n) is 9.85. The van der Waals surface area contributed by atoms with E-state index < -0.39 is 10.1 Å². The van der Waals surface area contributed by atoms with Crippen molar-refractivity contribution in [3.05, 3.63) is 77.5 Å². The minimum absolute atomic E-state index is 0.214. The fraction of sp³-hybridized carbons (Fsp3) is 0.261. The fourth-order valence-corrected chi connectivity index (χ4v) is 3.52. The van der Waals surface area contributed by atoms with Crippen LogP contribution in [0.3, 0.4) is 0 Å². The van der Waals surface area contributed by atoms with Gasteiger partial charge in [-0.1, -0.05) is 36.4 Å². The van der Waals surface area contributed by atoms with Gasteiger partial charge in [-0.05, 0) is 48.6 Å². The summed E-state index contributed by atoms with van der Waals surface area (Å²) in [7, 11) is -2.35. The van der Waals surface area contributed by atoms with E-state index in [-0.39, 0.29) is 12.4 Å². The van der Waals surface area contributed by atoms with Crippen LogP contribution < -0.4 is 9.47 Å². The van der Waals surface area contributed by atoms with Crippen molar-refractivity contribution in [2.24, 2.45) is 0 Å². The Bertz CT molecular complexity index is 1110. The maximum Gasteiger partial charge on any atom is 0.264 e. The Labute approximate surface area is 182 Å². The summed E-state index contributed by atoms with van der Waals surface area (Å²) in [5.41, 5.74) is 2.68. The molecule has 8 heteroatoms. The van der Waals surface area contributed by atoms with Gasteiger partial charge in [0, 0.05) is 6.08 Å². The van der Waals surface area contributed by atoms with Crippen molar-refractivity contribution in [2.75, 3.05) is 12.9 Å². The van der Waals surface area contributed by atoms with Crippen molar-refractivity contribution in [3.63, 3.8) is 0 Å². The van der Waals surface area contributed by atoms with Gasteiger partial charge in [0.25, 0.3) is 10.1 Å². The summed E-state index contributed by atoms with van der Waals surface area (Å²) in [6, 6.07) is 15.4. The lowest BCUT2D eigenvalue weighted by Crippen LogP contribution is -2.04. The maximum atomic E-state index is 10.8. The third-order valence-electron chi connectivity index (χ3n) is 4.51. The highest BCUT2D eigenvalue weighted by molar-refractivity contribution is 7.85. The monoisotopic (exact) mass is 443 g/mol. The molecule has 2 aromatic carbocycles.